The average molecular weight is 300 g/mol. The van der Waals surface area contributed by atoms with Crippen LogP contribution in [0, 0.1) is 34.0 Å². The van der Waals surface area contributed by atoms with Gasteiger partial charge in [0.1, 0.15) is 0 Å². The summed E-state index contributed by atoms with van der Waals surface area (Å²) in [6.07, 6.45) is 12.7. The Hall–Kier alpha value is -1.05. The molecule has 1 N–H and O–H groups in total. The summed E-state index contributed by atoms with van der Waals surface area (Å²) in [5.74, 6) is 0.945. The van der Waals surface area contributed by atoms with Gasteiger partial charge in [-0.2, -0.15) is 0 Å². The monoisotopic (exact) mass is 300 g/mol. The van der Waals surface area contributed by atoms with Crippen molar-refractivity contribution in [3.8, 4) is 0 Å². The lowest BCUT2D eigenvalue weighted by Gasteiger charge is -2.60. The molecule has 4 rings (SSSR count). The number of carbonyl (C=O) groups is 1. The first kappa shape index (κ1) is 14.5. The molecule has 0 radical (unpaired) electrons. The summed E-state index contributed by atoms with van der Waals surface area (Å²) < 4.78 is 0. The van der Waals surface area contributed by atoms with Crippen LogP contribution in [0.25, 0.3) is 0 Å². The summed E-state index contributed by atoms with van der Waals surface area (Å²) >= 11 is 0. The molecular formula is C20H28O2. The largest absolute Gasteiger partial charge is 0.481 e. The smallest absolute Gasteiger partial charge is 0.309 e. The quantitative estimate of drug-likeness (QED) is 0.705. The minimum Gasteiger partial charge on any atom is -0.481 e. The first-order valence-corrected chi connectivity index (χ1v) is 8.92. The fourth-order valence-electron chi connectivity index (χ4n) is 6.93. The lowest BCUT2D eigenvalue weighted by Crippen LogP contribution is -2.56. The molecule has 120 valence electrons. The third kappa shape index (κ3) is 1.59. The third-order valence-electron chi connectivity index (χ3n) is 7.97. The van der Waals surface area contributed by atoms with Gasteiger partial charge in [0, 0.05) is 0 Å². The maximum atomic E-state index is 12.0. The van der Waals surface area contributed by atoms with Crippen LogP contribution in [0.15, 0.2) is 24.3 Å². The van der Waals surface area contributed by atoms with E-state index in [2.05, 4.69) is 25.7 Å². The first-order chi connectivity index (χ1) is 10.3. The Balaban J connectivity index is 1.82. The van der Waals surface area contributed by atoms with Crippen molar-refractivity contribution >= 4 is 5.97 Å². The molecular weight excluding hydrogens is 272 g/mol. The number of hydrogen-bond acceptors (Lipinski definition) is 1. The Bertz CT molecular complexity index is 576. The van der Waals surface area contributed by atoms with Gasteiger partial charge in [0.05, 0.1) is 5.41 Å². The fraction of sp³-hybridized carbons (Fsp3) is 0.750. The van der Waals surface area contributed by atoms with Gasteiger partial charge in [0.25, 0.3) is 0 Å². The Labute approximate surface area is 133 Å². The Morgan fingerprint density at radius 2 is 2.09 bits per heavy atom. The van der Waals surface area contributed by atoms with Crippen LogP contribution in [-0.4, -0.2) is 11.1 Å². The predicted octanol–water partition coefficient (Wildman–Crippen LogP) is 4.82. The van der Waals surface area contributed by atoms with E-state index in [1.165, 1.54) is 31.3 Å². The average Bonchev–Trinajstić information content (AvgIpc) is 2.68. The van der Waals surface area contributed by atoms with Crippen LogP contribution in [0.4, 0.5) is 0 Å². The summed E-state index contributed by atoms with van der Waals surface area (Å²) in [4.78, 5) is 12.0. The molecule has 22 heavy (non-hydrogen) atoms. The highest BCUT2D eigenvalue weighted by molar-refractivity contribution is 5.75. The van der Waals surface area contributed by atoms with Gasteiger partial charge < -0.3 is 5.11 Å². The molecule has 0 heterocycles. The van der Waals surface area contributed by atoms with Gasteiger partial charge in [0.15, 0.2) is 0 Å². The third-order valence-corrected chi connectivity index (χ3v) is 7.97. The van der Waals surface area contributed by atoms with Crippen molar-refractivity contribution in [3.63, 3.8) is 0 Å². The van der Waals surface area contributed by atoms with E-state index in [0.29, 0.717) is 11.3 Å². The van der Waals surface area contributed by atoms with Crippen molar-refractivity contribution in [2.45, 2.75) is 58.8 Å². The molecule has 3 fully saturated rings. The minimum absolute atomic E-state index is 0.149. The van der Waals surface area contributed by atoms with Crippen LogP contribution in [-0.2, 0) is 4.79 Å². The van der Waals surface area contributed by atoms with Crippen molar-refractivity contribution in [1.82, 2.24) is 0 Å². The van der Waals surface area contributed by atoms with Gasteiger partial charge in [-0.25, -0.2) is 0 Å². The topological polar surface area (TPSA) is 37.3 Å². The maximum Gasteiger partial charge on any atom is 0.309 e. The molecule has 1 spiro atoms. The van der Waals surface area contributed by atoms with Crippen LogP contribution in [0.2, 0.25) is 0 Å². The second-order valence-electron chi connectivity index (χ2n) is 9.02. The normalized spacial score (nSPS) is 53.0. The molecule has 0 aromatic rings. The minimum atomic E-state index is -0.603. The number of aliphatic carboxylic acids is 1. The van der Waals surface area contributed by atoms with E-state index < -0.39 is 11.4 Å². The highest BCUT2D eigenvalue weighted by Crippen LogP contribution is 2.69. The molecule has 0 aliphatic heterocycles. The molecule has 0 unspecified atom stereocenters. The van der Waals surface area contributed by atoms with E-state index in [0.717, 1.165) is 25.2 Å². The van der Waals surface area contributed by atoms with E-state index in [1.54, 1.807) is 0 Å². The Kier molecular flexibility index (Phi) is 2.82. The van der Waals surface area contributed by atoms with Gasteiger partial charge >= 0.3 is 5.97 Å². The van der Waals surface area contributed by atoms with Crippen LogP contribution in [0.3, 0.4) is 0 Å². The summed E-state index contributed by atoms with van der Waals surface area (Å²) in [6.45, 7) is 8.72. The highest BCUT2D eigenvalue weighted by Gasteiger charge is 2.63. The van der Waals surface area contributed by atoms with Gasteiger partial charge in [-0.3, -0.25) is 4.79 Å². The molecule has 2 nitrogen and oxygen atoms in total. The van der Waals surface area contributed by atoms with Crippen molar-refractivity contribution in [2.24, 2.45) is 34.0 Å². The molecule has 3 saturated carbocycles. The van der Waals surface area contributed by atoms with Crippen LogP contribution in [0.1, 0.15) is 58.8 Å². The Morgan fingerprint density at radius 1 is 1.32 bits per heavy atom. The lowest BCUT2D eigenvalue weighted by molar-refractivity contribution is -0.163. The summed E-state index contributed by atoms with van der Waals surface area (Å²) in [7, 11) is 0. The zero-order valence-corrected chi connectivity index (χ0v) is 13.9. The van der Waals surface area contributed by atoms with Gasteiger partial charge in [-0.05, 0) is 74.0 Å². The van der Waals surface area contributed by atoms with Crippen molar-refractivity contribution in [2.75, 3.05) is 0 Å². The summed E-state index contributed by atoms with van der Waals surface area (Å²) in [5, 5.41) is 9.87. The van der Waals surface area contributed by atoms with Crippen molar-refractivity contribution in [3.05, 3.63) is 24.3 Å². The van der Waals surface area contributed by atoms with Gasteiger partial charge in [-0.1, -0.05) is 37.6 Å². The van der Waals surface area contributed by atoms with Crippen LogP contribution in [0.5, 0.6) is 0 Å². The molecule has 6 atom stereocenters. The van der Waals surface area contributed by atoms with Crippen LogP contribution >= 0.6 is 0 Å². The predicted molar refractivity (Wildman–Crippen MR) is 87.4 cm³/mol. The summed E-state index contributed by atoms with van der Waals surface area (Å²) in [5.41, 5.74) is 1.31. The highest BCUT2D eigenvalue weighted by atomic mass is 16.4. The molecule has 0 amide bonds. The number of carboxylic acid groups (broad SMARTS) is 1. The van der Waals surface area contributed by atoms with Crippen molar-refractivity contribution < 1.29 is 9.90 Å². The standard InChI is InChI=1S/C20H28O2/c1-13-11-20-10-7-15-18(2,16(20)6-5-14(13)12-20)8-4-9-19(15,3)17(21)22/h7,10,14-16H,1,4-6,8-9,11-12H2,2-3H3,(H,21,22)/t14-,15-,16-,18+,19+,20+/m0/s1. The molecule has 4 aliphatic carbocycles. The van der Waals surface area contributed by atoms with Crippen LogP contribution < -0.4 is 0 Å². The second-order valence-corrected chi connectivity index (χ2v) is 9.02. The second kappa shape index (κ2) is 4.27. The maximum absolute atomic E-state index is 12.0. The van der Waals surface area contributed by atoms with Crippen molar-refractivity contribution in [1.29, 1.82) is 0 Å². The zero-order chi connectivity index (χ0) is 15.8. The molecule has 0 aromatic carbocycles. The summed E-state index contributed by atoms with van der Waals surface area (Å²) in [6, 6.07) is 0. The van der Waals surface area contributed by atoms with E-state index in [9.17, 15) is 9.90 Å². The van der Waals surface area contributed by atoms with E-state index >= 15 is 0 Å². The fourth-order valence-corrected chi connectivity index (χ4v) is 6.93. The number of fused-ring (bicyclic) bond motifs is 3. The van der Waals surface area contributed by atoms with E-state index in [4.69, 9.17) is 0 Å². The first-order valence-electron chi connectivity index (χ1n) is 8.92. The number of hydrogen-bond donors (Lipinski definition) is 1. The number of carboxylic acids is 1. The molecule has 2 heteroatoms. The molecule has 2 bridgehead atoms. The molecule has 4 aliphatic rings. The van der Waals surface area contributed by atoms with E-state index in [-0.39, 0.29) is 11.3 Å². The van der Waals surface area contributed by atoms with Gasteiger partial charge in [-0.15, -0.1) is 0 Å². The van der Waals surface area contributed by atoms with Gasteiger partial charge in [0.2, 0.25) is 0 Å². The van der Waals surface area contributed by atoms with E-state index in [1.807, 2.05) is 6.92 Å². The number of rotatable bonds is 1. The molecule has 0 aromatic heterocycles. The zero-order valence-electron chi connectivity index (χ0n) is 13.9. The SMILES string of the molecule is C=C1C[C@@]23C=C[C@H]4[C@@](C)(CCC[C@@]4(C)C(=O)O)[C@@H]2CC[C@H]1C3. The number of allylic oxidation sites excluding steroid dienone is 3. The Morgan fingerprint density at radius 3 is 2.82 bits per heavy atom. The molecule has 0 saturated heterocycles. The lowest BCUT2D eigenvalue weighted by atomic mass is 9.43.